The van der Waals surface area contributed by atoms with Crippen LogP contribution in [0.5, 0.6) is 0 Å². The Bertz CT molecular complexity index is 635. The van der Waals surface area contributed by atoms with Crippen LogP contribution >= 0.6 is 27.3 Å². The van der Waals surface area contributed by atoms with Crippen molar-refractivity contribution in [1.29, 1.82) is 0 Å². The van der Waals surface area contributed by atoms with Crippen LogP contribution in [0.3, 0.4) is 0 Å². The number of hydrogen-bond acceptors (Lipinski definition) is 4. The molecule has 0 fully saturated rings. The van der Waals surface area contributed by atoms with Gasteiger partial charge in [-0.05, 0) is 40.7 Å². The van der Waals surface area contributed by atoms with Gasteiger partial charge in [0.1, 0.15) is 10.3 Å². The fourth-order valence-electron chi connectivity index (χ4n) is 1.77. The van der Waals surface area contributed by atoms with Crippen molar-refractivity contribution in [3.05, 3.63) is 49.2 Å². The molecule has 2 aromatic heterocycles. The lowest BCUT2D eigenvalue weighted by Crippen LogP contribution is -2.24. The SMILES string of the molecule is Cc1ncc(Br)c(=O)n1CCCC(=O)c1cccs1. The molecule has 2 heterocycles. The molecule has 0 atom stereocenters. The van der Waals surface area contributed by atoms with Crippen LogP contribution in [-0.4, -0.2) is 15.3 Å². The molecule has 0 saturated carbocycles. The Morgan fingerprint density at radius 2 is 2.32 bits per heavy atom. The van der Waals surface area contributed by atoms with Crippen molar-refractivity contribution >= 4 is 33.0 Å². The summed E-state index contributed by atoms with van der Waals surface area (Å²) < 4.78 is 2.04. The van der Waals surface area contributed by atoms with Gasteiger partial charge < -0.3 is 0 Å². The van der Waals surface area contributed by atoms with E-state index < -0.39 is 0 Å². The molecule has 0 bridgehead atoms. The topological polar surface area (TPSA) is 52.0 Å². The second kappa shape index (κ2) is 6.25. The Labute approximate surface area is 123 Å². The van der Waals surface area contributed by atoms with E-state index in [1.165, 1.54) is 17.5 Å². The van der Waals surface area contributed by atoms with E-state index in [1.54, 1.807) is 11.5 Å². The third-order valence-electron chi connectivity index (χ3n) is 2.79. The minimum absolute atomic E-state index is 0.101. The summed E-state index contributed by atoms with van der Waals surface area (Å²) >= 11 is 4.62. The summed E-state index contributed by atoms with van der Waals surface area (Å²) in [4.78, 5) is 28.6. The first-order chi connectivity index (χ1) is 9.09. The van der Waals surface area contributed by atoms with E-state index in [0.29, 0.717) is 29.7 Å². The van der Waals surface area contributed by atoms with Gasteiger partial charge in [-0.25, -0.2) is 4.98 Å². The molecule has 100 valence electrons. The average Bonchev–Trinajstić information content (AvgIpc) is 2.92. The van der Waals surface area contributed by atoms with Gasteiger partial charge in [0.15, 0.2) is 5.78 Å². The standard InChI is InChI=1S/C13H13BrN2O2S/c1-9-15-8-10(14)13(18)16(9)6-2-4-11(17)12-5-3-7-19-12/h3,5,7-8H,2,4,6H2,1H3. The first-order valence-corrected chi connectivity index (χ1v) is 7.55. The van der Waals surface area contributed by atoms with Crippen LogP contribution in [0, 0.1) is 6.92 Å². The smallest absolute Gasteiger partial charge is 0.267 e. The lowest BCUT2D eigenvalue weighted by molar-refractivity contribution is 0.0982. The maximum atomic E-state index is 11.9. The first kappa shape index (κ1) is 14.1. The molecule has 0 saturated heterocycles. The summed E-state index contributed by atoms with van der Waals surface area (Å²) in [6.45, 7) is 2.29. The predicted molar refractivity (Wildman–Crippen MR) is 78.8 cm³/mol. The number of carbonyl (C=O) groups excluding carboxylic acids is 1. The van der Waals surface area contributed by atoms with Crippen molar-refractivity contribution in [3.8, 4) is 0 Å². The van der Waals surface area contributed by atoms with Crippen LogP contribution in [0.15, 0.2) is 33.0 Å². The third kappa shape index (κ3) is 3.39. The van der Waals surface area contributed by atoms with Gasteiger partial charge >= 0.3 is 0 Å². The average molecular weight is 341 g/mol. The number of hydrogen-bond donors (Lipinski definition) is 0. The molecule has 0 aromatic carbocycles. The summed E-state index contributed by atoms with van der Waals surface area (Å²) in [6, 6.07) is 3.69. The fourth-order valence-corrected chi connectivity index (χ4v) is 2.78. The van der Waals surface area contributed by atoms with Crippen LogP contribution < -0.4 is 5.56 Å². The molecule has 0 spiro atoms. The van der Waals surface area contributed by atoms with Crippen LogP contribution in [-0.2, 0) is 6.54 Å². The summed E-state index contributed by atoms with van der Waals surface area (Å²) in [6.07, 6.45) is 2.58. The summed E-state index contributed by atoms with van der Waals surface area (Å²) in [5.41, 5.74) is -0.101. The molecule has 4 nitrogen and oxygen atoms in total. The molecule has 0 aliphatic rings. The van der Waals surface area contributed by atoms with Crippen molar-refractivity contribution in [3.63, 3.8) is 0 Å². The highest BCUT2D eigenvalue weighted by atomic mass is 79.9. The highest BCUT2D eigenvalue weighted by molar-refractivity contribution is 9.10. The van der Waals surface area contributed by atoms with Crippen molar-refractivity contribution < 1.29 is 4.79 Å². The van der Waals surface area contributed by atoms with Crippen LogP contribution in [0.4, 0.5) is 0 Å². The van der Waals surface area contributed by atoms with Gasteiger partial charge in [-0.1, -0.05) is 6.07 Å². The normalized spacial score (nSPS) is 10.6. The number of ketones is 1. The van der Waals surface area contributed by atoms with Gasteiger partial charge in [0.05, 0.1) is 4.88 Å². The maximum Gasteiger partial charge on any atom is 0.267 e. The summed E-state index contributed by atoms with van der Waals surface area (Å²) in [5.74, 6) is 0.792. The Morgan fingerprint density at radius 1 is 1.53 bits per heavy atom. The number of halogens is 1. The first-order valence-electron chi connectivity index (χ1n) is 5.88. The molecule has 0 aliphatic carbocycles. The molecular formula is C13H13BrN2O2S. The Hall–Kier alpha value is -1.27. The molecule has 2 rings (SSSR count). The molecule has 0 radical (unpaired) electrons. The van der Waals surface area contributed by atoms with Crippen molar-refractivity contribution in [2.75, 3.05) is 0 Å². The lowest BCUT2D eigenvalue weighted by Gasteiger charge is -2.08. The molecular weight excluding hydrogens is 328 g/mol. The van der Waals surface area contributed by atoms with Gasteiger partial charge in [-0.3, -0.25) is 14.2 Å². The Morgan fingerprint density at radius 3 is 3.00 bits per heavy atom. The second-order valence-corrected chi connectivity index (χ2v) is 5.92. The van der Waals surface area contributed by atoms with Crippen LogP contribution in [0.25, 0.3) is 0 Å². The maximum absolute atomic E-state index is 11.9. The largest absolute Gasteiger partial charge is 0.296 e. The van der Waals surface area contributed by atoms with Gasteiger partial charge in [-0.2, -0.15) is 0 Å². The molecule has 0 unspecified atom stereocenters. The monoisotopic (exact) mass is 340 g/mol. The van der Waals surface area contributed by atoms with Crippen LogP contribution in [0.2, 0.25) is 0 Å². The highest BCUT2D eigenvalue weighted by Crippen LogP contribution is 2.12. The summed E-state index contributed by atoms with van der Waals surface area (Å²) in [5, 5.41) is 1.89. The van der Waals surface area contributed by atoms with Crippen molar-refractivity contribution in [2.45, 2.75) is 26.3 Å². The summed E-state index contributed by atoms with van der Waals surface area (Å²) in [7, 11) is 0. The van der Waals surface area contributed by atoms with E-state index in [1.807, 2.05) is 17.5 Å². The van der Waals surface area contributed by atoms with E-state index in [0.717, 1.165) is 4.88 Å². The van der Waals surface area contributed by atoms with Gasteiger partial charge in [0.25, 0.3) is 5.56 Å². The molecule has 0 N–H and O–H groups in total. The molecule has 0 aliphatic heterocycles. The van der Waals surface area contributed by atoms with Crippen molar-refractivity contribution in [1.82, 2.24) is 9.55 Å². The number of nitrogens with zero attached hydrogens (tertiary/aromatic N) is 2. The number of carbonyl (C=O) groups is 1. The highest BCUT2D eigenvalue weighted by Gasteiger charge is 2.09. The fraction of sp³-hybridized carbons (Fsp3) is 0.308. The quantitative estimate of drug-likeness (QED) is 0.786. The van der Waals surface area contributed by atoms with E-state index in [9.17, 15) is 9.59 Å². The predicted octanol–water partition coefficient (Wildman–Crippen LogP) is 3.04. The Kier molecular flexibility index (Phi) is 4.66. The Balaban J connectivity index is 1.99. The zero-order chi connectivity index (χ0) is 13.8. The number of rotatable bonds is 5. The van der Waals surface area contributed by atoms with Gasteiger partial charge in [-0.15, -0.1) is 11.3 Å². The van der Waals surface area contributed by atoms with E-state index in [4.69, 9.17) is 0 Å². The molecule has 6 heteroatoms. The van der Waals surface area contributed by atoms with E-state index in [2.05, 4.69) is 20.9 Å². The van der Waals surface area contributed by atoms with Gasteiger partial charge in [0.2, 0.25) is 0 Å². The lowest BCUT2D eigenvalue weighted by atomic mass is 10.2. The number of Topliss-reactive ketones (excluding diaryl/α,β-unsaturated/α-hetero) is 1. The second-order valence-electron chi connectivity index (χ2n) is 4.11. The van der Waals surface area contributed by atoms with E-state index in [-0.39, 0.29) is 11.3 Å². The third-order valence-corrected chi connectivity index (χ3v) is 4.24. The minimum atomic E-state index is -0.101. The number of thiophene rings is 1. The molecule has 0 amide bonds. The number of aryl methyl sites for hydroxylation is 1. The number of aromatic nitrogens is 2. The van der Waals surface area contributed by atoms with Crippen molar-refractivity contribution in [2.24, 2.45) is 0 Å². The minimum Gasteiger partial charge on any atom is -0.296 e. The van der Waals surface area contributed by atoms with Crippen LogP contribution in [0.1, 0.15) is 28.3 Å². The van der Waals surface area contributed by atoms with Gasteiger partial charge in [0, 0.05) is 19.2 Å². The molecule has 19 heavy (non-hydrogen) atoms. The van der Waals surface area contributed by atoms with E-state index >= 15 is 0 Å². The molecule has 2 aromatic rings. The zero-order valence-corrected chi connectivity index (χ0v) is 12.8. The zero-order valence-electron chi connectivity index (χ0n) is 10.4.